The lowest BCUT2D eigenvalue weighted by molar-refractivity contribution is 0.0771. The van der Waals surface area contributed by atoms with Crippen LogP contribution in [0.1, 0.15) is 36.0 Å². The Labute approximate surface area is 127 Å². The average Bonchev–Trinajstić information content (AvgIpc) is 3.05. The molecule has 0 bridgehead atoms. The van der Waals surface area contributed by atoms with E-state index in [4.69, 9.17) is 0 Å². The number of likely N-dealkylation sites (tertiary alicyclic amines) is 2. The standard InChI is InChI=1S/C17H25N3O/c1-18-15-7-5-14(6-8-15)17(21)20-12-9-16(13-20)19-10-3-2-4-11-19/h5-8,16,18H,2-4,9-13H2,1H3. The molecule has 4 nitrogen and oxygen atoms in total. The van der Waals surface area contributed by atoms with E-state index in [0.717, 1.165) is 30.8 Å². The van der Waals surface area contributed by atoms with Gasteiger partial charge >= 0.3 is 0 Å². The predicted octanol–water partition coefficient (Wildman–Crippen LogP) is 2.43. The fraction of sp³-hybridized carbons (Fsp3) is 0.588. The number of amides is 1. The Morgan fingerprint density at radius 3 is 2.48 bits per heavy atom. The van der Waals surface area contributed by atoms with E-state index >= 15 is 0 Å². The molecule has 1 atom stereocenters. The van der Waals surface area contributed by atoms with Gasteiger partial charge in [-0.3, -0.25) is 9.69 Å². The minimum atomic E-state index is 0.178. The fourth-order valence-corrected chi connectivity index (χ4v) is 3.47. The first-order chi connectivity index (χ1) is 10.3. The molecule has 0 radical (unpaired) electrons. The number of hydrogen-bond donors (Lipinski definition) is 1. The first-order valence-electron chi connectivity index (χ1n) is 8.09. The quantitative estimate of drug-likeness (QED) is 0.927. The number of piperidine rings is 1. The summed E-state index contributed by atoms with van der Waals surface area (Å²) in [6.07, 6.45) is 5.12. The first kappa shape index (κ1) is 14.4. The first-order valence-corrected chi connectivity index (χ1v) is 8.09. The van der Waals surface area contributed by atoms with E-state index in [1.807, 2.05) is 36.2 Å². The highest BCUT2D eigenvalue weighted by atomic mass is 16.2. The highest BCUT2D eigenvalue weighted by molar-refractivity contribution is 5.94. The minimum absolute atomic E-state index is 0.178. The van der Waals surface area contributed by atoms with Crippen molar-refractivity contribution < 1.29 is 4.79 Å². The van der Waals surface area contributed by atoms with Crippen LogP contribution in [0.5, 0.6) is 0 Å². The molecule has 1 unspecified atom stereocenters. The Bertz CT molecular complexity index is 479. The third-order valence-corrected chi connectivity index (χ3v) is 4.78. The maximum atomic E-state index is 12.6. The smallest absolute Gasteiger partial charge is 0.253 e. The summed E-state index contributed by atoms with van der Waals surface area (Å²) in [5.41, 5.74) is 1.84. The fourth-order valence-electron chi connectivity index (χ4n) is 3.47. The molecular formula is C17H25N3O. The van der Waals surface area contributed by atoms with Crippen molar-refractivity contribution in [2.75, 3.05) is 38.5 Å². The van der Waals surface area contributed by atoms with Crippen LogP contribution in [0.2, 0.25) is 0 Å². The average molecular weight is 287 g/mol. The third kappa shape index (κ3) is 3.21. The Hall–Kier alpha value is -1.55. The third-order valence-electron chi connectivity index (χ3n) is 4.78. The molecule has 1 N–H and O–H groups in total. The molecule has 1 aromatic rings. The van der Waals surface area contributed by atoms with E-state index in [2.05, 4.69) is 10.2 Å². The number of carbonyl (C=O) groups is 1. The van der Waals surface area contributed by atoms with Gasteiger partial charge in [-0.2, -0.15) is 0 Å². The van der Waals surface area contributed by atoms with Crippen molar-refractivity contribution in [1.29, 1.82) is 0 Å². The maximum Gasteiger partial charge on any atom is 0.253 e. The summed E-state index contributed by atoms with van der Waals surface area (Å²) in [6.45, 7) is 4.22. The zero-order valence-electron chi connectivity index (χ0n) is 12.8. The molecule has 2 aliphatic heterocycles. The zero-order valence-corrected chi connectivity index (χ0v) is 12.8. The van der Waals surface area contributed by atoms with Crippen molar-refractivity contribution in [2.24, 2.45) is 0 Å². The van der Waals surface area contributed by atoms with Gasteiger partial charge in [0, 0.05) is 37.4 Å². The van der Waals surface area contributed by atoms with Gasteiger partial charge in [-0.25, -0.2) is 0 Å². The number of nitrogens with zero attached hydrogens (tertiary/aromatic N) is 2. The van der Waals surface area contributed by atoms with Crippen molar-refractivity contribution in [3.63, 3.8) is 0 Å². The molecule has 2 heterocycles. The maximum absolute atomic E-state index is 12.6. The van der Waals surface area contributed by atoms with Crippen LogP contribution in [0.15, 0.2) is 24.3 Å². The summed E-state index contributed by atoms with van der Waals surface area (Å²) in [7, 11) is 1.89. The minimum Gasteiger partial charge on any atom is -0.388 e. The van der Waals surface area contributed by atoms with E-state index < -0.39 is 0 Å². The molecule has 0 aliphatic carbocycles. The van der Waals surface area contributed by atoms with Gasteiger partial charge in [0.25, 0.3) is 5.91 Å². The van der Waals surface area contributed by atoms with Crippen LogP contribution in [0.4, 0.5) is 5.69 Å². The molecule has 1 amide bonds. The summed E-state index contributed by atoms with van der Waals surface area (Å²) < 4.78 is 0. The number of carbonyl (C=O) groups excluding carboxylic acids is 1. The second-order valence-corrected chi connectivity index (χ2v) is 6.12. The number of rotatable bonds is 3. The van der Waals surface area contributed by atoms with Gasteiger partial charge in [0.1, 0.15) is 0 Å². The molecule has 4 heteroatoms. The van der Waals surface area contributed by atoms with Gasteiger partial charge in [-0.05, 0) is 56.6 Å². The zero-order chi connectivity index (χ0) is 14.7. The molecule has 1 aromatic carbocycles. The predicted molar refractivity (Wildman–Crippen MR) is 85.7 cm³/mol. The van der Waals surface area contributed by atoms with Crippen LogP contribution in [0.3, 0.4) is 0 Å². The van der Waals surface area contributed by atoms with Crippen LogP contribution < -0.4 is 5.32 Å². The van der Waals surface area contributed by atoms with E-state index in [1.54, 1.807) is 0 Å². The monoisotopic (exact) mass is 287 g/mol. The summed E-state index contributed by atoms with van der Waals surface area (Å²) in [5.74, 6) is 0.178. The second kappa shape index (κ2) is 6.48. The lowest BCUT2D eigenvalue weighted by atomic mass is 10.1. The number of benzene rings is 1. The largest absolute Gasteiger partial charge is 0.388 e. The summed E-state index contributed by atoms with van der Waals surface area (Å²) >= 11 is 0. The van der Waals surface area contributed by atoms with E-state index in [9.17, 15) is 4.79 Å². The van der Waals surface area contributed by atoms with Crippen LogP contribution >= 0.6 is 0 Å². The number of nitrogens with one attached hydrogen (secondary N) is 1. The molecule has 2 aliphatic rings. The van der Waals surface area contributed by atoms with Gasteiger partial charge in [-0.1, -0.05) is 6.42 Å². The SMILES string of the molecule is CNc1ccc(C(=O)N2CCC(N3CCCCC3)C2)cc1. The van der Waals surface area contributed by atoms with Crippen molar-refractivity contribution in [1.82, 2.24) is 9.80 Å². The molecule has 0 spiro atoms. The summed E-state index contributed by atoms with van der Waals surface area (Å²) in [6, 6.07) is 8.34. The van der Waals surface area contributed by atoms with Gasteiger partial charge in [0.15, 0.2) is 0 Å². The van der Waals surface area contributed by atoms with Crippen LogP contribution in [-0.4, -0.2) is 55.0 Å². The van der Waals surface area contributed by atoms with Crippen molar-refractivity contribution in [2.45, 2.75) is 31.7 Å². The van der Waals surface area contributed by atoms with Gasteiger partial charge < -0.3 is 10.2 Å². The van der Waals surface area contributed by atoms with E-state index in [0.29, 0.717) is 6.04 Å². The van der Waals surface area contributed by atoms with Crippen LogP contribution in [0, 0.1) is 0 Å². The second-order valence-electron chi connectivity index (χ2n) is 6.12. The van der Waals surface area contributed by atoms with Crippen LogP contribution in [0.25, 0.3) is 0 Å². The topological polar surface area (TPSA) is 35.6 Å². The van der Waals surface area contributed by atoms with Gasteiger partial charge in [0.2, 0.25) is 0 Å². The highest BCUT2D eigenvalue weighted by Gasteiger charge is 2.31. The molecule has 3 rings (SSSR count). The lowest BCUT2D eigenvalue weighted by Crippen LogP contribution is -2.41. The molecule has 2 fully saturated rings. The van der Waals surface area contributed by atoms with Gasteiger partial charge in [-0.15, -0.1) is 0 Å². The Morgan fingerprint density at radius 2 is 1.81 bits per heavy atom. The molecule has 21 heavy (non-hydrogen) atoms. The van der Waals surface area contributed by atoms with Crippen molar-refractivity contribution in [3.05, 3.63) is 29.8 Å². The molecule has 2 saturated heterocycles. The van der Waals surface area contributed by atoms with Crippen molar-refractivity contribution >= 4 is 11.6 Å². The Balaban J connectivity index is 1.60. The molecule has 0 saturated carbocycles. The molecular weight excluding hydrogens is 262 g/mol. The Kier molecular flexibility index (Phi) is 4.44. The number of anilines is 1. The normalized spacial score (nSPS) is 23.3. The van der Waals surface area contributed by atoms with Crippen molar-refractivity contribution in [3.8, 4) is 0 Å². The Morgan fingerprint density at radius 1 is 1.10 bits per heavy atom. The molecule has 0 aromatic heterocycles. The highest BCUT2D eigenvalue weighted by Crippen LogP contribution is 2.22. The number of hydrogen-bond acceptors (Lipinski definition) is 3. The summed E-state index contributed by atoms with van der Waals surface area (Å²) in [5, 5.41) is 3.08. The van der Waals surface area contributed by atoms with E-state index in [1.165, 1.54) is 32.4 Å². The van der Waals surface area contributed by atoms with Gasteiger partial charge in [0.05, 0.1) is 0 Å². The lowest BCUT2D eigenvalue weighted by Gasteiger charge is -2.32. The summed E-state index contributed by atoms with van der Waals surface area (Å²) in [4.78, 5) is 17.2. The van der Waals surface area contributed by atoms with Crippen LogP contribution in [-0.2, 0) is 0 Å². The molecule has 114 valence electrons. The van der Waals surface area contributed by atoms with E-state index in [-0.39, 0.29) is 5.91 Å².